The molecule has 7 nitrogen and oxygen atoms in total. The van der Waals surface area contributed by atoms with Crippen LogP contribution in [0, 0.1) is 0 Å². The summed E-state index contributed by atoms with van der Waals surface area (Å²) in [7, 11) is 1.28. The van der Waals surface area contributed by atoms with Crippen LogP contribution in [0.3, 0.4) is 0 Å². The minimum absolute atomic E-state index is 0.220. The molecule has 1 aliphatic heterocycles. The zero-order chi connectivity index (χ0) is 21.8. The van der Waals surface area contributed by atoms with Crippen molar-refractivity contribution in [1.29, 1.82) is 0 Å². The van der Waals surface area contributed by atoms with E-state index in [1.54, 1.807) is 22.7 Å². The monoisotopic (exact) mass is 454 g/mol. The van der Waals surface area contributed by atoms with Crippen LogP contribution in [0.1, 0.15) is 42.9 Å². The predicted octanol–water partition coefficient (Wildman–Crippen LogP) is 4.13. The minimum Gasteiger partial charge on any atom is -0.465 e. The van der Waals surface area contributed by atoms with Crippen LogP contribution in [0.15, 0.2) is 64.4 Å². The number of hydrogen-bond acceptors (Lipinski definition) is 8. The Morgan fingerprint density at radius 2 is 1.68 bits per heavy atom. The first kappa shape index (κ1) is 21.0. The summed E-state index contributed by atoms with van der Waals surface area (Å²) in [4.78, 5) is 38.7. The first-order valence-corrected chi connectivity index (χ1v) is 11.1. The fourth-order valence-electron chi connectivity index (χ4n) is 3.17. The smallest absolute Gasteiger partial charge is 0.338 e. The largest absolute Gasteiger partial charge is 0.465 e. The van der Waals surface area contributed by atoms with Crippen molar-refractivity contribution in [2.75, 3.05) is 13.7 Å². The number of ether oxygens (including phenoxy) is 2. The molecule has 0 saturated heterocycles. The van der Waals surface area contributed by atoms with Gasteiger partial charge in [-0.1, -0.05) is 12.1 Å². The molecule has 9 heteroatoms. The predicted molar refractivity (Wildman–Crippen MR) is 117 cm³/mol. The minimum atomic E-state index is -0.654. The van der Waals surface area contributed by atoms with Gasteiger partial charge >= 0.3 is 11.9 Å². The van der Waals surface area contributed by atoms with Crippen molar-refractivity contribution in [3.63, 3.8) is 0 Å². The Bertz CT molecular complexity index is 1110. The molecule has 0 aliphatic carbocycles. The highest BCUT2D eigenvalue weighted by molar-refractivity contribution is 7.12. The lowest BCUT2D eigenvalue weighted by Crippen LogP contribution is -2.31. The van der Waals surface area contributed by atoms with Gasteiger partial charge in [-0.25, -0.2) is 14.6 Å². The number of thiophene rings is 2. The van der Waals surface area contributed by atoms with E-state index in [9.17, 15) is 14.4 Å². The number of carbonyl (C=O) groups is 3. The standard InChI is InChI=1S/C22H18N2O5S2/c1-28-21(26)14-6-8-15(9-7-14)22(27)29-13-20(25)24-17(19-5-3-11-31-19)12-16(23-24)18-4-2-10-30-18/h2-11,17H,12-13H2,1H3. The van der Waals surface area contributed by atoms with E-state index in [1.807, 2.05) is 35.0 Å². The van der Waals surface area contributed by atoms with Crippen LogP contribution in [0.2, 0.25) is 0 Å². The fourth-order valence-corrected chi connectivity index (χ4v) is 4.70. The summed E-state index contributed by atoms with van der Waals surface area (Å²) in [6, 6.07) is 13.4. The summed E-state index contributed by atoms with van der Waals surface area (Å²) in [6.45, 7) is -0.430. The SMILES string of the molecule is COC(=O)c1ccc(C(=O)OCC(=O)N2N=C(c3cccs3)CC2c2cccs2)cc1. The summed E-state index contributed by atoms with van der Waals surface area (Å²) in [5.74, 6) is -1.55. The summed E-state index contributed by atoms with van der Waals surface area (Å²) in [6.07, 6.45) is 0.607. The second-order valence-corrected chi connectivity index (χ2v) is 8.57. The maximum absolute atomic E-state index is 12.9. The molecule has 0 spiro atoms. The maximum Gasteiger partial charge on any atom is 0.338 e. The van der Waals surface area contributed by atoms with Gasteiger partial charge in [-0.2, -0.15) is 5.10 Å². The third kappa shape index (κ3) is 4.57. The van der Waals surface area contributed by atoms with Crippen molar-refractivity contribution in [2.24, 2.45) is 5.10 Å². The van der Waals surface area contributed by atoms with Crippen molar-refractivity contribution < 1.29 is 23.9 Å². The van der Waals surface area contributed by atoms with E-state index < -0.39 is 24.5 Å². The first-order valence-electron chi connectivity index (χ1n) is 9.39. The lowest BCUT2D eigenvalue weighted by atomic mass is 10.1. The first-order chi connectivity index (χ1) is 15.1. The lowest BCUT2D eigenvalue weighted by molar-refractivity contribution is -0.136. The van der Waals surface area contributed by atoms with Crippen LogP contribution in [0.25, 0.3) is 0 Å². The number of nitrogens with zero attached hydrogens (tertiary/aromatic N) is 2. The molecule has 0 saturated carbocycles. The highest BCUT2D eigenvalue weighted by Gasteiger charge is 2.34. The molecule has 2 aromatic heterocycles. The molecule has 4 rings (SSSR count). The fraction of sp³-hybridized carbons (Fsp3) is 0.182. The highest BCUT2D eigenvalue weighted by Crippen LogP contribution is 2.35. The van der Waals surface area contributed by atoms with Crippen LogP contribution in [0.5, 0.6) is 0 Å². The Morgan fingerprint density at radius 3 is 2.29 bits per heavy atom. The van der Waals surface area contributed by atoms with Crippen molar-refractivity contribution in [3.05, 3.63) is 80.2 Å². The van der Waals surface area contributed by atoms with Gasteiger partial charge in [-0.3, -0.25) is 4.79 Å². The molecule has 0 N–H and O–H groups in total. The van der Waals surface area contributed by atoms with Crippen LogP contribution in [-0.2, 0) is 14.3 Å². The van der Waals surface area contributed by atoms with Crippen LogP contribution >= 0.6 is 22.7 Å². The topological polar surface area (TPSA) is 85.3 Å². The van der Waals surface area contributed by atoms with E-state index in [2.05, 4.69) is 9.84 Å². The zero-order valence-electron chi connectivity index (χ0n) is 16.5. The van der Waals surface area contributed by atoms with Crippen LogP contribution in [0.4, 0.5) is 0 Å². The Morgan fingerprint density at radius 1 is 1.00 bits per heavy atom. The number of hydrogen-bond donors (Lipinski definition) is 0. The molecule has 1 amide bonds. The van der Waals surface area contributed by atoms with Crippen molar-refractivity contribution in [2.45, 2.75) is 12.5 Å². The Kier molecular flexibility index (Phi) is 6.24. The Labute approximate surface area is 186 Å². The van der Waals surface area contributed by atoms with Crippen molar-refractivity contribution in [3.8, 4) is 0 Å². The van der Waals surface area contributed by atoms with Gasteiger partial charge in [0.25, 0.3) is 5.91 Å². The number of amides is 1. The van der Waals surface area contributed by atoms with Crippen LogP contribution in [-0.4, -0.2) is 42.3 Å². The van der Waals surface area contributed by atoms with E-state index in [4.69, 9.17) is 4.74 Å². The van der Waals surface area contributed by atoms with Gasteiger partial charge in [0.1, 0.15) is 0 Å². The molecule has 1 aliphatic rings. The van der Waals surface area contributed by atoms with Crippen molar-refractivity contribution >= 4 is 46.2 Å². The van der Waals surface area contributed by atoms with E-state index in [0.717, 1.165) is 15.5 Å². The summed E-state index contributed by atoms with van der Waals surface area (Å²) in [5, 5.41) is 9.87. The molecule has 0 radical (unpaired) electrons. The molecular weight excluding hydrogens is 436 g/mol. The molecule has 1 unspecified atom stereocenters. The Hall–Kier alpha value is -3.30. The van der Waals surface area contributed by atoms with Crippen molar-refractivity contribution in [1.82, 2.24) is 5.01 Å². The number of benzene rings is 1. The number of carbonyl (C=O) groups excluding carboxylic acids is 3. The summed E-state index contributed by atoms with van der Waals surface area (Å²) in [5.41, 5.74) is 1.40. The average Bonchev–Trinajstić information content (AvgIpc) is 3.56. The number of hydrazone groups is 1. The third-order valence-electron chi connectivity index (χ3n) is 4.71. The van der Waals surface area contributed by atoms with Gasteiger partial charge in [0.15, 0.2) is 6.61 Å². The Balaban J connectivity index is 1.44. The maximum atomic E-state index is 12.9. The number of methoxy groups -OCH3 is 1. The third-order valence-corrected chi connectivity index (χ3v) is 6.60. The molecule has 1 atom stereocenters. The van der Waals surface area contributed by atoms with Gasteiger partial charge in [0, 0.05) is 11.3 Å². The van der Waals surface area contributed by atoms with E-state index in [1.165, 1.54) is 36.4 Å². The van der Waals surface area contributed by atoms with Gasteiger partial charge < -0.3 is 9.47 Å². The molecule has 31 heavy (non-hydrogen) atoms. The van der Waals surface area contributed by atoms with E-state index >= 15 is 0 Å². The molecule has 3 aromatic rings. The van der Waals surface area contributed by atoms with E-state index in [-0.39, 0.29) is 11.6 Å². The molecule has 3 heterocycles. The molecule has 1 aromatic carbocycles. The quantitative estimate of drug-likeness (QED) is 0.523. The lowest BCUT2D eigenvalue weighted by Gasteiger charge is -2.20. The van der Waals surface area contributed by atoms with Gasteiger partial charge in [-0.05, 0) is 47.2 Å². The second-order valence-electron chi connectivity index (χ2n) is 6.64. The summed E-state index contributed by atoms with van der Waals surface area (Å²) < 4.78 is 9.84. The number of rotatable bonds is 6. The second kappa shape index (κ2) is 9.23. The number of esters is 2. The molecule has 0 bridgehead atoms. The normalized spacial score (nSPS) is 15.5. The van der Waals surface area contributed by atoms with Gasteiger partial charge in [0.05, 0.1) is 34.9 Å². The average molecular weight is 455 g/mol. The molecule has 0 fully saturated rings. The zero-order valence-corrected chi connectivity index (χ0v) is 18.2. The van der Waals surface area contributed by atoms with Crippen LogP contribution < -0.4 is 0 Å². The summed E-state index contributed by atoms with van der Waals surface area (Å²) >= 11 is 3.13. The molecular formula is C22H18N2O5S2. The highest BCUT2D eigenvalue weighted by atomic mass is 32.1. The van der Waals surface area contributed by atoms with Gasteiger partial charge in [0.2, 0.25) is 0 Å². The van der Waals surface area contributed by atoms with E-state index in [0.29, 0.717) is 12.0 Å². The molecule has 158 valence electrons. The van der Waals surface area contributed by atoms with Gasteiger partial charge in [-0.15, -0.1) is 22.7 Å².